The number of rotatable bonds is 49. The standard InChI is InChI=1S/C54H94F5NO8/c1-5-9-13-27-37-63-41-45(42-64-38-28-14-10-6-2)67-48(61)31-23-19-17-21-25-34-60(36-33-47-50(55)52(57)54(59)53(58)51(47)56)35-26-22-18-20-24-32-49(62)68-46(43-65-39-29-15-11-7-3)44-66-40-30-16-12-8-4/h45-46H,5-44H2,1-4H3. The van der Waals surface area contributed by atoms with Crippen molar-refractivity contribution in [3.05, 3.63) is 34.6 Å². The molecule has 0 bridgehead atoms. The van der Waals surface area contributed by atoms with E-state index in [-0.39, 0.29) is 24.9 Å². The Morgan fingerprint density at radius 1 is 0.382 bits per heavy atom. The van der Waals surface area contributed by atoms with Gasteiger partial charge in [0.15, 0.2) is 23.3 Å². The summed E-state index contributed by atoms with van der Waals surface area (Å²) in [4.78, 5) is 27.5. The molecule has 0 N–H and O–H groups in total. The van der Waals surface area contributed by atoms with Crippen LogP contribution in [0.5, 0.6) is 0 Å². The third-order valence-corrected chi connectivity index (χ3v) is 12.1. The van der Waals surface area contributed by atoms with Crippen LogP contribution in [0.3, 0.4) is 0 Å². The average Bonchev–Trinajstić information content (AvgIpc) is 3.33. The number of carbonyl (C=O) groups excluding carboxylic acids is 2. The predicted octanol–water partition coefficient (Wildman–Crippen LogP) is 14.1. The van der Waals surface area contributed by atoms with Gasteiger partial charge < -0.3 is 33.3 Å². The number of hydrogen-bond acceptors (Lipinski definition) is 9. The Bertz CT molecular complexity index is 1250. The van der Waals surface area contributed by atoms with Crippen molar-refractivity contribution in [1.29, 1.82) is 0 Å². The summed E-state index contributed by atoms with van der Waals surface area (Å²) in [5.74, 6) is -10.1. The second kappa shape index (κ2) is 44.5. The maximum Gasteiger partial charge on any atom is 0.306 e. The third-order valence-electron chi connectivity index (χ3n) is 12.1. The molecule has 0 saturated carbocycles. The summed E-state index contributed by atoms with van der Waals surface area (Å²) in [7, 11) is 0. The lowest BCUT2D eigenvalue weighted by atomic mass is 10.1. The Hall–Kier alpha value is -2.39. The van der Waals surface area contributed by atoms with Crippen LogP contribution >= 0.6 is 0 Å². The lowest BCUT2D eigenvalue weighted by molar-refractivity contribution is -0.157. The second-order valence-electron chi connectivity index (χ2n) is 18.4. The summed E-state index contributed by atoms with van der Waals surface area (Å²) in [5.41, 5.74) is -0.802. The van der Waals surface area contributed by atoms with E-state index in [1.165, 1.54) is 25.7 Å². The van der Waals surface area contributed by atoms with E-state index in [4.69, 9.17) is 28.4 Å². The molecule has 1 rings (SSSR count). The largest absolute Gasteiger partial charge is 0.457 e. The van der Waals surface area contributed by atoms with Crippen molar-refractivity contribution in [2.75, 3.05) is 72.5 Å². The molecule has 0 aromatic heterocycles. The first kappa shape index (κ1) is 63.6. The van der Waals surface area contributed by atoms with Crippen LogP contribution in [0.4, 0.5) is 22.0 Å². The van der Waals surface area contributed by atoms with E-state index in [1.54, 1.807) is 0 Å². The SMILES string of the molecule is CCCCCCOCC(COCCCCCC)OC(=O)CCCCCCCN(CCCCCCCC(=O)OC(COCCCCCC)COCCCCCC)CCc1c(F)c(F)c(F)c(F)c1F. The van der Waals surface area contributed by atoms with Gasteiger partial charge in [-0.3, -0.25) is 9.59 Å². The van der Waals surface area contributed by atoms with Gasteiger partial charge in [0.1, 0.15) is 12.2 Å². The maximum absolute atomic E-state index is 14.6. The van der Waals surface area contributed by atoms with Crippen LogP contribution < -0.4 is 0 Å². The number of carbonyl (C=O) groups is 2. The number of hydrogen-bond donors (Lipinski definition) is 0. The van der Waals surface area contributed by atoms with Crippen LogP contribution in [0.1, 0.15) is 213 Å². The molecule has 1 aromatic carbocycles. The second-order valence-corrected chi connectivity index (χ2v) is 18.4. The summed E-state index contributed by atoms with van der Waals surface area (Å²) in [6.07, 6.45) is 25.0. The highest BCUT2D eigenvalue weighted by atomic mass is 19.2. The molecule has 0 fully saturated rings. The average molecular weight is 980 g/mol. The molecule has 68 heavy (non-hydrogen) atoms. The summed E-state index contributed by atoms with van der Waals surface area (Å²) < 4.78 is 106. The van der Waals surface area contributed by atoms with Crippen LogP contribution in [0.25, 0.3) is 0 Å². The minimum Gasteiger partial charge on any atom is -0.457 e. The zero-order chi connectivity index (χ0) is 49.9. The molecule has 0 unspecified atom stereocenters. The van der Waals surface area contributed by atoms with E-state index in [1.807, 2.05) is 4.90 Å². The normalized spacial score (nSPS) is 11.8. The molecular weight excluding hydrogens is 886 g/mol. The van der Waals surface area contributed by atoms with Crippen molar-refractivity contribution in [2.45, 2.75) is 226 Å². The highest BCUT2D eigenvalue weighted by molar-refractivity contribution is 5.69. The third kappa shape index (κ3) is 33.2. The lowest BCUT2D eigenvalue weighted by Gasteiger charge is -2.23. The van der Waals surface area contributed by atoms with Crippen molar-refractivity contribution in [3.63, 3.8) is 0 Å². The molecule has 1 aromatic rings. The fourth-order valence-electron chi connectivity index (χ4n) is 7.85. The topological polar surface area (TPSA) is 92.8 Å². The van der Waals surface area contributed by atoms with E-state index >= 15 is 0 Å². The minimum absolute atomic E-state index is 0.133. The van der Waals surface area contributed by atoms with Crippen molar-refractivity contribution < 1.29 is 60.0 Å². The van der Waals surface area contributed by atoms with Gasteiger partial charge in [0.2, 0.25) is 5.82 Å². The Kier molecular flexibility index (Phi) is 41.7. The molecule has 14 heteroatoms. The molecule has 0 atom stereocenters. The monoisotopic (exact) mass is 980 g/mol. The first-order valence-electron chi connectivity index (χ1n) is 27.0. The zero-order valence-electron chi connectivity index (χ0n) is 43.0. The van der Waals surface area contributed by atoms with Crippen molar-refractivity contribution in [2.24, 2.45) is 0 Å². The number of esters is 2. The van der Waals surface area contributed by atoms with Gasteiger partial charge in [0, 0.05) is 51.4 Å². The number of benzene rings is 1. The van der Waals surface area contributed by atoms with Crippen molar-refractivity contribution in [1.82, 2.24) is 4.90 Å². The van der Waals surface area contributed by atoms with Crippen LogP contribution in [0.2, 0.25) is 0 Å². The van der Waals surface area contributed by atoms with Gasteiger partial charge in [0.25, 0.3) is 0 Å². The Morgan fingerprint density at radius 2 is 0.676 bits per heavy atom. The van der Waals surface area contributed by atoms with E-state index < -0.39 is 46.9 Å². The van der Waals surface area contributed by atoms with Gasteiger partial charge in [-0.25, -0.2) is 22.0 Å². The van der Waals surface area contributed by atoms with Gasteiger partial charge >= 0.3 is 11.9 Å². The fourth-order valence-corrected chi connectivity index (χ4v) is 7.85. The molecule has 398 valence electrons. The molecule has 0 heterocycles. The number of ether oxygens (including phenoxy) is 6. The minimum atomic E-state index is -2.16. The van der Waals surface area contributed by atoms with Crippen molar-refractivity contribution in [3.8, 4) is 0 Å². The highest BCUT2D eigenvalue weighted by Crippen LogP contribution is 2.24. The molecule has 0 aliphatic carbocycles. The van der Waals surface area contributed by atoms with Crippen LogP contribution in [-0.4, -0.2) is 102 Å². The fraction of sp³-hybridized carbons (Fsp3) is 0.852. The lowest BCUT2D eigenvalue weighted by Crippen LogP contribution is -2.29. The van der Waals surface area contributed by atoms with Gasteiger partial charge in [-0.2, -0.15) is 0 Å². The van der Waals surface area contributed by atoms with Gasteiger partial charge in [0.05, 0.1) is 26.4 Å². The Balaban J connectivity index is 2.59. The van der Waals surface area contributed by atoms with Crippen LogP contribution in [-0.2, 0) is 44.4 Å². The first-order valence-corrected chi connectivity index (χ1v) is 27.0. The quantitative estimate of drug-likeness (QED) is 0.0208. The van der Waals surface area contributed by atoms with Gasteiger partial charge in [-0.05, 0) is 70.9 Å². The Morgan fingerprint density at radius 3 is 1.01 bits per heavy atom. The molecule has 0 amide bonds. The first-order chi connectivity index (χ1) is 33.1. The smallest absolute Gasteiger partial charge is 0.306 e. The van der Waals surface area contributed by atoms with Gasteiger partial charge in [-0.1, -0.05) is 143 Å². The van der Waals surface area contributed by atoms with Gasteiger partial charge in [-0.15, -0.1) is 0 Å². The number of nitrogens with zero attached hydrogens (tertiary/aromatic N) is 1. The molecule has 0 saturated heterocycles. The molecule has 0 aliphatic heterocycles. The van der Waals surface area contributed by atoms with Crippen LogP contribution in [0.15, 0.2) is 0 Å². The molecule has 0 radical (unpaired) electrons. The highest BCUT2D eigenvalue weighted by Gasteiger charge is 2.26. The van der Waals surface area contributed by atoms with E-state index in [0.717, 1.165) is 128 Å². The number of halogens is 5. The molecule has 0 spiro atoms. The number of unbranched alkanes of at least 4 members (excludes halogenated alkanes) is 20. The predicted molar refractivity (Wildman–Crippen MR) is 261 cm³/mol. The Labute approximate surface area is 409 Å². The maximum atomic E-state index is 14.6. The van der Waals surface area contributed by atoms with E-state index in [9.17, 15) is 31.5 Å². The molecule has 9 nitrogen and oxygen atoms in total. The molecular formula is C54H94F5NO8. The molecule has 0 aliphatic rings. The summed E-state index contributed by atoms with van der Waals surface area (Å²) in [5, 5.41) is 0. The van der Waals surface area contributed by atoms with Crippen molar-refractivity contribution >= 4 is 11.9 Å². The van der Waals surface area contributed by atoms with E-state index in [2.05, 4.69) is 27.7 Å². The summed E-state index contributed by atoms with van der Waals surface area (Å²) in [6.45, 7) is 13.8. The summed E-state index contributed by atoms with van der Waals surface area (Å²) in [6, 6.07) is 0. The zero-order valence-corrected chi connectivity index (χ0v) is 43.0. The summed E-state index contributed by atoms with van der Waals surface area (Å²) >= 11 is 0. The van der Waals surface area contributed by atoms with Crippen LogP contribution in [0, 0.1) is 29.1 Å². The van der Waals surface area contributed by atoms with E-state index in [0.29, 0.717) is 91.6 Å².